The highest BCUT2D eigenvalue weighted by atomic mass is 16.7. The maximum absolute atomic E-state index is 6.75. The molecular weight excluding hydrogens is 584 g/mol. The molecule has 0 aliphatic carbocycles. The number of methoxy groups -OCH3 is 4. The van der Waals surface area contributed by atoms with E-state index in [-0.39, 0.29) is 11.8 Å². The lowest BCUT2D eigenvalue weighted by Crippen LogP contribution is -2.09. The molecule has 8 heteroatoms. The molecule has 4 aromatic rings. The largest absolute Gasteiger partial charge is 0.492 e. The van der Waals surface area contributed by atoms with E-state index in [1.54, 1.807) is 28.4 Å². The van der Waals surface area contributed by atoms with Crippen molar-refractivity contribution in [1.29, 1.82) is 0 Å². The summed E-state index contributed by atoms with van der Waals surface area (Å²) >= 11 is 0. The molecule has 6 rings (SSSR count). The monoisotopic (exact) mass is 630 g/mol. The summed E-state index contributed by atoms with van der Waals surface area (Å²) in [5.41, 5.74) is 7.83. The number of ether oxygens (including phenoxy) is 8. The summed E-state index contributed by atoms with van der Waals surface area (Å²) < 4.78 is 50.1. The van der Waals surface area contributed by atoms with Gasteiger partial charge in [-0.05, 0) is 61.4 Å². The first-order chi connectivity index (χ1) is 22.1. The van der Waals surface area contributed by atoms with E-state index in [2.05, 4.69) is 53.7 Å². The molecule has 2 heterocycles. The fourth-order valence-electron chi connectivity index (χ4n) is 7.59. The Morgan fingerprint density at radius 2 is 0.978 bits per heavy atom. The molecule has 0 amide bonds. The average Bonchev–Trinajstić information content (AvgIpc) is 3.59. The molecule has 2 aliphatic heterocycles. The van der Waals surface area contributed by atoms with Gasteiger partial charge in [-0.15, -0.1) is 0 Å². The van der Waals surface area contributed by atoms with Crippen molar-refractivity contribution >= 4 is 21.5 Å². The zero-order valence-corrected chi connectivity index (χ0v) is 29.1. The summed E-state index contributed by atoms with van der Waals surface area (Å²) in [6.07, 6.45) is -1.35. The van der Waals surface area contributed by atoms with Gasteiger partial charge in [0.15, 0.2) is 23.0 Å². The number of hydrogen-bond acceptors (Lipinski definition) is 8. The van der Waals surface area contributed by atoms with Crippen LogP contribution in [0.1, 0.15) is 99.3 Å². The van der Waals surface area contributed by atoms with Crippen molar-refractivity contribution < 1.29 is 37.9 Å². The Morgan fingerprint density at radius 3 is 1.26 bits per heavy atom. The summed E-state index contributed by atoms with van der Waals surface area (Å²) in [6, 6.07) is 4.49. The summed E-state index contributed by atoms with van der Waals surface area (Å²) in [5.74, 6) is 4.58. The van der Waals surface area contributed by atoms with Crippen molar-refractivity contribution in [3.05, 3.63) is 45.5 Å². The van der Waals surface area contributed by atoms with Gasteiger partial charge in [0, 0.05) is 47.2 Å². The lowest BCUT2D eigenvalue weighted by atomic mass is 9.84. The molecule has 2 unspecified atom stereocenters. The molecule has 0 aromatic heterocycles. The molecule has 0 radical (unpaired) electrons. The Morgan fingerprint density at radius 1 is 0.609 bits per heavy atom. The molecule has 2 atom stereocenters. The van der Waals surface area contributed by atoms with Gasteiger partial charge in [0.05, 0.1) is 38.6 Å². The van der Waals surface area contributed by atoms with E-state index in [9.17, 15) is 0 Å². The minimum atomic E-state index is -0.674. The topological polar surface area (TPSA) is 73.8 Å². The first kappa shape index (κ1) is 32.1. The van der Waals surface area contributed by atoms with E-state index in [0.717, 1.165) is 89.1 Å². The quantitative estimate of drug-likeness (QED) is 0.162. The Labute approximate surface area is 271 Å². The van der Waals surface area contributed by atoms with Crippen LogP contribution in [0, 0.1) is 13.8 Å². The van der Waals surface area contributed by atoms with E-state index < -0.39 is 12.6 Å². The van der Waals surface area contributed by atoms with E-state index in [0.29, 0.717) is 24.7 Å². The number of benzene rings is 4. The predicted octanol–water partition coefficient (Wildman–Crippen LogP) is 9.41. The maximum atomic E-state index is 6.75. The summed E-state index contributed by atoms with van der Waals surface area (Å²) in [7, 11) is 6.66. The van der Waals surface area contributed by atoms with Gasteiger partial charge < -0.3 is 37.9 Å². The number of rotatable bonds is 11. The van der Waals surface area contributed by atoms with Crippen LogP contribution >= 0.6 is 0 Å². The van der Waals surface area contributed by atoms with E-state index in [1.165, 1.54) is 0 Å². The molecule has 8 nitrogen and oxygen atoms in total. The van der Waals surface area contributed by atoms with Crippen LogP contribution in [0.2, 0.25) is 0 Å². The van der Waals surface area contributed by atoms with Crippen molar-refractivity contribution in [2.45, 2.75) is 79.8 Å². The third kappa shape index (κ3) is 4.40. The van der Waals surface area contributed by atoms with Gasteiger partial charge in [-0.2, -0.15) is 0 Å². The van der Waals surface area contributed by atoms with Crippen molar-refractivity contribution in [3.8, 4) is 45.6 Å². The second-order valence-electron chi connectivity index (χ2n) is 12.6. The maximum Gasteiger partial charge on any atom is 0.231 e. The molecule has 0 bridgehead atoms. The molecule has 0 N–H and O–H groups in total. The Kier molecular flexibility index (Phi) is 8.40. The van der Waals surface area contributed by atoms with Gasteiger partial charge in [0.25, 0.3) is 0 Å². The molecule has 2 aliphatic rings. The van der Waals surface area contributed by atoms with Crippen molar-refractivity contribution in [1.82, 2.24) is 0 Å². The molecule has 246 valence electrons. The van der Waals surface area contributed by atoms with Gasteiger partial charge in [-0.25, -0.2) is 0 Å². The van der Waals surface area contributed by atoms with Crippen molar-refractivity contribution in [3.63, 3.8) is 0 Å². The number of aryl methyl sites for hydroxylation is 2. The number of hydrogen-bond donors (Lipinski definition) is 0. The van der Waals surface area contributed by atoms with Crippen LogP contribution in [-0.4, -0.2) is 41.7 Å². The molecule has 0 saturated heterocycles. The first-order valence-corrected chi connectivity index (χ1v) is 16.2. The summed E-state index contributed by atoms with van der Waals surface area (Å²) in [5, 5.41) is 4.08. The van der Waals surface area contributed by atoms with Crippen molar-refractivity contribution in [2.75, 3.05) is 41.7 Å². The minimum absolute atomic E-state index is 0.166. The molecule has 0 fully saturated rings. The van der Waals surface area contributed by atoms with Crippen LogP contribution < -0.4 is 28.4 Å². The van der Waals surface area contributed by atoms with Crippen molar-refractivity contribution in [2.24, 2.45) is 0 Å². The summed E-state index contributed by atoms with van der Waals surface area (Å²) in [4.78, 5) is 0. The van der Waals surface area contributed by atoms with Gasteiger partial charge in [0.2, 0.25) is 12.6 Å². The van der Waals surface area contributed by atoms with Crippen LogP contribution in [0.3, 0.4) is 0 Å². The molecular formula is C38H46O8. The fourth-order valence-corrected chi connectivity index (χ4v) is 7.59. The Hall–Kier alpha value is -3.88. The lowest BCUT2D eigenvalue weighted by molar-refractivity contribution is -0.0493. The second kappa shape index (κ2) is 12.0. The van der Waals surface area contributed by atoms with E-state index in [4.69, 9.17) is 37.9 Å². The van der Waals surface area contributed by atoms with Crippen LogP contribution in [-0.2, 0) is 9.47 Å². The summed E-state index contributed by atoms with van der Waals surface area (Å²) in [6.45, 7) is 18.0. The van der Waals surface area contributed by atoms with Gasteiger partial charge in [0.1, 0.15) is 11.5 Å². The normalized spacial score (nSPS) is 16.5. The second-order valence-corrected chi connectivity index (χ2v) is 12.6. The lowest BCUT2D eigenvalue weighted by Gasteiger charge is -2.23. The Balaban J connectivity index is 1.78. The Bertz CT molecular complexity index is 1720. The molecule has 4 aromatic carbocycles. The fraction of sp³-hybridized carbons (Fsp3) is 0.474. The van der Waals surface area contributed by atoms with Gasteiger partial charge in [-0.1, -0.05) is 39.8 Å². The standard InChI is InChI=1S/C38H46O8/c1-13-43-35-23(17(3)4)21-15-19(7)25(31-27(21)29(33(35)39-9)37(41-11)45-31)26-20(8)16-22-24(18(5)6)36(44-14-2)34(40-10)30-28(22)32(26)46-38(30)42-12/h15-18,37-38H,13-14H2,1-12H3. The predicted molar refractivity (Wildman–Crippen MR) is 181 cm³/mol. The highest BCUT2D eigenvalue weighted by Gasteiger charge is 2.41. The van der Waals surface area contributed by atoms with E-state index in [1.807, 2.05) is 13.8 Å². The van der Waals surface area contributed by atoms with Crippen LogP contribution in [0.25, 0.3) is 32.7 Å². The average molecular weight is 631 g/mol. The van der Waals surface area contributed by atoms with Crippen LogP contribution in [0.5, 0.6) is 34.5 Å². The van der Waals surface area contributed by atoms with Crippen LogP contribution in [0.4, 0.5) is 0 Å². The highest BCUT2D eigenvalue weighted by Crippen LogP contribution is 2.62. The minimum Gasteiger partial charge on any atom is -0.492 e. The third-order valence-corrected chi connectivity index (χ3v) is 9.21. The van der Waals surface area contributed by atoms with E-state index >= 15 is 0 Å². The third-order valence-electron chi connectivity index (χ3n) is 9.21. The zero-order valence-electron chi connectivity index (χ0n) is 29.1. The molecule has 46 heavy (non-hydrogen) atoms. The van der Waals surface area contributed by atoms with Gasteiger partial charge in [-0.3, -0.25) is 0 Å². The SMILES string of the molecule is CCOc1c(OC)c2c3c(c(-c4c(C)cc5c(C(C)C)c(OCC)c(OC)c6c5c4OC6OC)c(C)cc3c1C(C)C)OC2OC. The van der Waals surface area contributed by atoms with Gasteiger partial charge >= 0.3 is 0 Å². The highest BCUT2D eigenvalue weighted by molar-refractivity contribution is 6.10. The first-order valence-electron chi connectivity index (χ1n) is 16.2. The molecule has 0 saturated carbocycles. The smallest absolute Gasteiger partial charge is 0.231 e. The van der Waals surface area contributed by atoms with Crippen LogP contribution in [0.15, 0.2) is 12.1 Å². The zero-order chi connectivity index (χ0) is 33.2. The molecule has 0 spiro atoms.